The van der Waals surface area contributed by atoms with Gasteiger partial charge in [0, 0.05) is 18.1 Å². The molecule has 1 aromatic carbocycles. The van der Waals surface area contributed by atoms with Crippen LogP contribution < -0.4 is 11.1 Å². The van der Waals surface area contributed by atoms with Gasteiger partial charge in [-0.1, -0.05) is 30.3 Å². The molecular weight excluding hydrogens is 372 g/mol. The number of amides is 1. The average Bonchev–Trinajstić information content (AvgIpc) is 3.12. The van der Waals surface area contributed by atoms with E-state index in [9.17, 15) is 4.79 Å². The number of ether oxygens (including phenoxy) is 1. The summed E-state index contributed by atoms with van der Waals surface area (Å²) in [5.41, 5.74) is 7.20. The van der Waals surface area contributed by atoms with E-state index in [4.69, 9.17) is 10.5 Å². The average molecular weight is 411 g/mol. The molecule has 30 heavy (non-hydrogen) atoms. The maximum absolute atomic E-state index is 14.0. The molecule has 4 bridgehead atoms. The molecule has 2 unspecified atom stereocenters. The summed E-state index contributed by atoms with van der Waals surface area (Å²) >= 11 is 0. The van der Waals surface area contributed by atoms with Crippen LogP contribution in [-0.4, -0.2) is 31.7 Å². The predicted molar refractivity (Wildman–Crippen MR) is 119 cm³/mol. The maximum Gasteiger partial charge on any atom is 0.227 e. The molecule has 4 heteroatoms. The number of carbonyl (C=O) groups is 1. The van der Waals surface area contributed by atoms with Gasteiger partial charge in [-0.05, 0) is 94.1 Å². The van der Waals surface area contributed by atoms with Crippen LogP contribution in [0.3, 0.4) is 0 Å². The standard InChI is InChI=1S/C26H38N2O2/c1-2-30-18-25-13-20-12-24(16-25,21-6-4-3-5-7-21)17-26(25,14-20)23(29)28-22-10-8-19(15-27)9-11-22/h3-7,19-20,22H,2,8-18,27H2,1H3,(H,28,29)/t19-,20?,22-,24-,25-,26?/m1/s1. The summed E-state index contributed by atoms with van der Waals surface area (Å²) in [5.74, 6) is 1.62. The summed E-state index contributed by atoms with van der Waals surface area (Å²) < 4.78 is 6.07. The Morgan fingerprint density at radius 3 is 2.57 bits per heavy atom. The third-order valence-electron chi connectivity index (χ3n) is 9.25. The molecule has 4 nitrogen and oxygen atoms in total. The molecule has 6 rings (SSSR count). The molecule has 0 aliphatic heterocycles. The van der Waals surface area contributed by atoms with Gasteiger partial charge in [0.05, 0.1) is 12.0 Å². The van der Waals surface area contributed by atoms with Crippen molar-refractivity contribution in [2.45, 2.75) is 76.2 Å². The maximum atomic E-state index is 14.0. The van der Waals surface area contributed by atoms with Crippen molar-refractivity contribution in [3.05, 3.63) is 35.9 Å². The normalized spacial score (nSPS) is 41.9. The minimum absolute atomic E-state index is 0.000310. The molecule has 5 saturated carbocycles. The quantitative estimate of drug-likeness (QED) is 0.709. The van der Waals surface area contributed by atoms with Crippen LogP contribution in [0, 0.1) is 22.7 Å². The highest BCUT2D eigenvalue weighted by Crippen LogP contribution is 2.76. The SMILES string of the molecule is CCOC[C@]12CC3CC1(C(=O)N[C@H]1CC[C@H](CN)CC1)C[C@@](c1ccccc1)(C3)C2. The highest BCUT2D eigenvalue weighted by atomic mass is 16.5. The molecule has 5 aliphatic carbocycles. The minimum atomic E-state index is -0.258. The molecule has 1 amide bonds. The molecule has 0 radical (unpaired) electrons. The summed E-state index contributed by atoms with van der Waals surface area (Å²) in [5, 5.41) is 3.54. The van der Waals surface area contributed by atoms with Crippen LogP contribution in [-0.2, 0) is 14.9 Å². The molecule has 164 valence electrons. The van der Waals surface area contributed by atoms with Crippen LogP contribution in [0.25, 0.3) is 0 Å². The monoisotopic (exact) mass is 410 g/mol. The van der Waals surface area contributed by atoms with Crippen LogP contribution in [0.1, 0.15) is 70.3 Å². The Morgan fingerprint density at radius 1 is 1.10 bits per heavy atom. The largest absolute Gasteiger partial charge is 0.381 e. The molecule has 0 heterocycles. The van der Waals surface area contributed by atoms with E-state index in [0.717, 1.165) is 71.1 Å². The smallest absolute Gasteiger partial charge is 0.227 e. The van der Waals surface area contributed by atoms with Crippen molar-refractivity contribution in [1.82, 2.24) is 5.32 Å². The lowest BCUT2D eigenvalue weighted by Crippen LogP contribution is -2.52. The van der Waals surface area contributed by atoms with Gasteiger partial charge in [-0.2, -0.15) is 0 Å². The van der Waals surface area contributed by atoms with Crippen molar-refractivity contribution in [1.29, 1.82) is 0 Å². The molecule has 4 atom stereocenters. The summed E-state index contributed by atoms with van der Waals surface area (Å²) in [7, 11) is 0. The summed E-state index contributed by atoms with van der Waals surface area (Å²) in [6, 6.07) is 11.3. The van der Waals surface area contributed by atoms with E-state index >= 15 is 0 Å². The van der Waals surface area contributed by atoms with Gasteiger partial charge in [0.25, 0.3) is 0 Å². The van der Waals surface area contributed by atoms with Crippen molar-refractivity contribution in [3.8, 4) is 0 Å². The lowest BCUT2D eigenvalue weighted by Gasteiger charge is -2.41. The van der Waals surface area contributed by atoms with Gasteiger partial charge in [-0.25, -0.2) is 0 Å². The third kappa shape index (κ3) is 3.05. The zero-order valence-corrected chi connectivity index (χ0v) is 18.5. The molecular formula is C26H38N2O2. The molecule has 3 N–H and O–H groups in total. The first-order valence-corrected chi connectivity index (χ1v) is 12.2. The minimum Gasteiger partial charge on any atom is -0.381 e. The van der Waals surface area contributed by atoms with E-state index in [2.05, 4.69) is 42.6 Å². The van der Waals surface area contributed by atoms with Crippen LogP contribution in [0.2, 0.25) is 0 Å². The lowest BCUT2D eigenvalue weighted by molar-refractivity contribution is -0.140. The van der Waals surface area contributed by atoms with E-state index in [1.54, 1.807) is 0 Å². The first kappa shape index (κ1) is 20.5. The first-order chi connectivity index (χ1) is 14.5. The first-order valence-electron chi connectivity index (χ1n) is 12.2. The van der Waals surface area contributed by atoms with Crippen LogP contribution in [0.5, 0.6) is 0 Å². The number of carbonyl (C=O) groups excluding carboxylic acids is 1. The van der Waals surface area contributed by atoms with Crippen LogP contribution in [0.15, 0.2) is 30.3 Å². The fourth-order valence-corrected chi connectivity index (χ4v) is 8.10. The second kappa shape index (κ2) is 7.63. The van der Waals surface area contributed by atoms with Crippen LogP contribution in [0.4, 0.5) is 0 Å². The number of hydrogen-bond donors (Lipinski definition) is 2. The number of benzene rings is 1. The Kier molecular flexibility index (Phi) is 5.22. The molecule has 0 saturated heterocycles. The Balaban J connectivity index is 1.43. The van der Waals surface area contributed by atoms with E-state index in [1.165, 1.54) is 12.0 Å². The van der Waals surface area contributed by atoms with Crippen molar-refractivity contribution in [2.75, 3.05) is 19.8 Å². The number of hydrogen-bond acceptors (Lipinski definition) is 3. The molecule has 0 spiro atoms. The lowest BCUT2D eigenvalue weighted by atomic mass is 9.63. The molecule has 5 fully saturated rings. The van der Waals surface area contributed by atoms with Crippen molar-refractivity contribution < 1.29 is 9.53 Å². The molecule has 5 aliphatic rings. The Morgan fingerprint density at radius 2 is 1.87 bits per heavy atom. The van der Waals surface area contributed by atoms with E-state index in [1.807, 2.05) is 0 Å². The Bertz CT molecular complexity index is 774. The van der Waals surface area contributed by atoms with Gasteiger partial charge in [0.2, 0.25) is 5.91 Å². The van der Waals surface area contributed by atoms with Gasteiger partial charge in [-0.15, -0.1) is 0 Å². The summed E-state index contributed by atoms with van der Waals surface area (Å²) in [6.07, 6.45) is 10.0. The Labute approximate surface area is 181 Å². The zero-order valence-electron chi connectivity index (χ0n) is 18.5. The summed E-state index contributed by atoms with van der Waals surface area (Å²) in [4.78, 5) is 14.0. The highest BCUT2D eigenvalue weighted by molar-refractivity contribution is 5.86. The predicted octanol–water partition coefficient (Wildman–Crippen LogP) is 4.17. The second-order valence-electron chi connectivity index (χ2n) is 10.9. The van der Waals surface area contributed by atoms with Gasteiger partial charge < -0.3 is 15.8 Å². The van der Waals surface area contributed by atoms with Gasteiger partial charge in [0.1, 0.15) is 0 Å². The third-order valence-corrected chi connectivity index (χ3v) is 9.25. The van der Waals surface area contributed by atoms with Gasteiger partial charge in [-0.3, -0.25) is 4.79 Å². The van der Waals surface area contributed by atoms with E-state index in [-0.39, 0.29) is 16.2 Å². The van der Waals surface area contributed by atoms with Gasteiger partial charge >= 0.3 is 0 Å². The number of nitrogens with one attached hydrogen (secondary N) is 1. The molecule has 1 aromatic rings. The topological polar surface area (TPSA) is 64.3 Å². The zero-order chi connectivity index (χ0) is 20.8. The van der Waals surface area contributed by atoms with Crippen molar-refractivity contribution in [2.24, 2.45) is 28.4 Å². The van der Waals surface area contributed by atoms with E-state index < -0.39 is 0 Å². The van der Waals surface area contributed by atoms with Crippen LogP contribution >= 0.6 is 0 Å². The highest BCUT2D eigenvalue weighted by Gasteiger charge is 2.74. The van der Waals surface area contributed by atoms with Gasteiger partial charge in [0.15, 0.2) is 0 Å². The second-order valence-corrected chi connectivity index (χ2v) is 10.9. The van der Waals surface area contributed by atoms with Crippen molar-refractivity contribution in [3.63, 3.8) is 0 Å². The van der Waals surface area contributed by atoms with E-state index in [0.29, 0.717) is 23.8 Å². The fraction of sp³-hybridized carbons (Fsp3) is 0.731. The van der Waals surface area contributed by atoms with Crippen molar-refractivity contribution >= 4 is 5.91 Å². The number of rotatable bonds is 7. The fourth-order valence-electron chi connectivity index (χ4n) is 8.10. The summed E-state index contributed by atoms with van der Waals surface area (Å²) in [6.45, 7) is 4.32. The Hall–Kier alpha value is -1.39. The number of nitrogens with two attached hydrogens (primary N) is 1. The molecule has 0 aromatic heterocycles.